The molecular formula is C10H17N5O. The van der Waals surface area contributed by atoms with Crippen LogP contribution in [0.3, 0.4) is 0 Å². The number of hydrogen-bond acceptors (Lipinski definition) is 5. The molecule has 6 nitrogen and oxygen atoms in total. The van der Waals surface area contributed by atoms with Crippen molar-refractivity contribution in [3.05, 3.63) is 17.8 Å². The van der Waals surface area contributed by atoms with Crippen LogP contribution in [0.2, 0.25) is 0 Å². The van der Waals surface area contributed by atoms with Crippen molar-refractivity contribution in [3.63, 3.8) is 0 Å². The third-order valence-electron chi connectivity index (χ3n) is 2.22. The summed E-state index contributed by atoms with van der Waals surface area (Å²) in [5.41, 5.74) is 10.8. The van der Waals surface area contributed by atoms with E-state index in [-0.39, 0.29) is 11.1 Å². The zero-order valence-electron chi connectivity index (χ0n) is 9.53. The van der Waals surface area contributed by atoms with Gasteiger partial charge < -0.3 is 16.8 Å². The fourth-order valence-electron chi connectivity index (χ4n) is 0.960. The molecule has 0 aliphatic carbocycles. The number of nitrogens with zero attached hydrogens (tertiary/aromatic N) is 2. The van der Waals surface area contributed by atoms with Gasteiger partial charge in [-0.25, -0.2) is 0 Å². The average Bonchev–Trinajstić information content (AvgIpc) is 2.27. The van der Waals surface area contributed by atoms with E-state index in [0.717, 1.165) is 0 Å². The first-order valence-corrected chi connectivity index (χ1v) is 5.02. The van der Waals surface area contributed by atoms with Gasteiger partial charge >= 0.3 is 0 Å². The van der Waals surface area contributed by atoms with Gasteiger partial charge in [0.25, 0.3) is 5.91 Å². The maximum atomic E-state index is 10.8. The molecule has 0 unspecified atom stereocenters. The van der Waals surface area contributed by atoms with Gasteiger partial charge in [-0.15, -0.1) is 10.2 Å². The Balaban J connectivity index is 2.59. The molecule has 0 fully saturated rings. The zero-order chi connectivity index (χ0) is 12.2. The Morgan fingerprint density at radius 1 is 1.44 bits per heavy atom. The summed E-state index contributed by atoms with van der Waals surface area (Å²) in [4.78, 5) is 10.8. The van der Waals surface area contributed by atoms with Crippen molar-refractivity contribution in [2.75, 3.05) is 18.4 Å². The highest BCUT2D eigenvalue weighted by molar-refractivity contribution is 5.90. The maximum Gasteiger partial charge on any atom is 0.269 e. The van der Waals surface area contributed by atoms with Crippen molar-refractivity contribution >= 4 is 11.7 Å². The lowest BCUT2D eigenvalue weighted by molar-refractivity contribution is 0.0994. The lowest BCUT2D eigenvalue weighted by Crippen LogP contribution is -2.31. The van der Waals surface area contributed by atoms with Crippen molar-refractivity contribution in [2.24, 2.45) is 16.9 Å². The summed E-state index contributed by atoms with van der Waals surface area (Å²) in [5, 5.41) is 10.6. The topological polar surface area (TPSA) is 107 Å². The van der Waals surface area contributed by atoms with Crippen molar-refractivity contribution in [1.29, 1.82) is 0 Å². The molecule has 0 saturated heterocycles. The number of carbonyl (C=O) groups is 1. The Kier molecular flexibility index (Phi) is 3.78. The second-order valence-corrected chi connectivity index (χ2v) is 4.39. The summed E-state index contributed by atoms with van der Waals surface area (Å²) < 4.78 is 0. The van der Waals surface area contributed by atoms with Crippen LogP contribution in [0.5, 0.6) is 0 Å². The first-order chi connectivity index (χ1) is 7.44. The molecule has 1 rings (SSSR count). The van der Waals surface area contributed by atoms with E-state index >= 15 is 0 Å². The Hall–Kier alpha value is -1.69. The first-order valence-electron chi connectivity index (χ1n) is 5.02. The molecule has 0 saturated carbocycles. The summed E-state index contributed by atoms with van der Waals surface area (Å²) in [5.74, 6) is 0.0212. The first kappa shape index (κ1) is 12.4. The number of nitrogens with two attached hydrogens (primary N) is 2. The highest BCUT2D eigenvalue weighted by atomic mass is 16.1. The Morgan fingerprint density at radius 3 is 2.56 bits per heavy atom. The maximum absolute atomic E-state index is 10.8. The summed E-state index contributed by atoms with van der Waals surface area (Å²) in [7, 11) is 0. The van der Waals surface area contributed by atoms with Gasteiger partial charge in [0, 0.05) is 6.54 Å². The quantitative estimate of drug-likeness (QED) is 0.650. The van der Waals surface area contributed by atoms with Crippen LogP contribution in [-0.4, -0.2) is 29.2 Å². The van der Waals surface area contributed by atoms with Gasteiger partial charge in [-0.2, -0.15) is 0 Å². The standard InChI is InChI=1S/C10H17N5O/c1-10(2,5-11)6-13-8-4-3-7(9(12)16)14-15-8/h3-4H,5-6,11H2,1-2H3,(H2,12,16)(H,13,15). The number of hydrogen-bond donors (Lipinski definition) is 3. The van der Waals surface area contributed by atoms with E-state index in [0.29, 0.717) is 18.9 Å². The molecule has 0 bridgehead atoms. The molecule has 0 atom stereocenters. The van der Waals surface area contributed by atoms with Gasteiger partial charge in [0.2, 0.25) is 0 Å². The molecule has 0 aromatic carbocycles. The van der Waals surface area contributed by atoms with Gasteiger partial charge in [0.15, 0.2) is 5.69 Å². The van der Waals surface area contributed by atoms with E-state index in [1.165, 1.54) is 6.07 Å². The monoisotopic (exact) mass is 223 g/mol. The number of rotatable bonds is 5. The minimum Gasteiger partial charge on any atom is -0.368 e. The zero-order valence-corrected chi connectivity index (χ0v) is 9.53. The largest absolute Gasteiger partial charge is 0.368 e. The Labute approximate surface area is 94.4 Å². The summed E-state index contributed by atoms with van der Waals surface area (Å²) in [6.07, 6.45) is 0. The molecule has 1 aromatic heterocycles. The lowest BCUT2D eigenvalue weighted by Gasteiger charge is -2.22. The summed E-state index contributed by atoms with van der Waals surface area (Å²) in [6, 6.07) is 3.20. The Morgan fingerprint density at radius 2 is 2.12 bits per heavy atom. The van der Waals surface area contributed by atoms with Crippen LogP contribution < -0.4 is 16.8 Å². The third kappa shape index (κ3) is 3.47. The molecule has 0 radical (unpaired) electrons. The van der Waals surface area contributed by atoms with E-state index in [2.05, 4.69) is 15.5 Å². The Bertz CT molecular complexity index is 360. The van der Waals surface area contributed by atoms with E-state index < -0.39 is 5.91 Å². The fourth-order valence-corrected chi connectivity index (χ4v) is 0.960. The van der Waals surface area contributed by atoms with E-state index in [9.17, 15) is 4.79 Å². The highest BCUT2D eigenvalue weighted by Gasteiger charge is 2.15. The lowest BCUT2D eigenvalue weighted by atomic mass is 9.94. The van der Waals surface area contributed by atoms with Crippen LogP contribution in [0.15, 0.2) is 12.1 Å². The molecule has 16 heavy (non-hydrogen) atoms. The van der Waals surface area contributed by atoms with Crippen LogP contribution in [-0.2, 0) is 0 Å². The minimum atomic E-state index is -0.582. The van der Waals surface area contributed by atoms with Crippen molar-refractivity contribution in [2.45, 2.75) is 13.8 Å². The fraction of sp³-hybridized carbons (Fsp3) is 0.500. The van der Waals surface area contributed by atoms with Gasteiger partial charge in [-0.3, -0.25) is 4.79 Å². The van der Waals surface area contributed by atoms with E-state index in [1.807, 2.05) is 13.8 Å². The van der Waals surface area contributed by atoms with Crippen LogP contribution in [0, 0.1) is 5.41 Å². The van der Waals surface area contributed by atoms with Crippen LogP contribution in [0.1, 0.15) is 24.3 Å². The predicted octanol–water partition coefficient (Wildman–Crippen LogP) is -0.0277. The molecule has 1 amide bonds. The molecule has 0 aliphatic rings. The van der Waals surface area contributed by atoms with Crippen molar-refractivity contribution < 1.29 is 4.79 Å². The second kappa shape index (κ2) is 4.89. The van der Waals surface area contributed by atoms with Gasteiger partial charge in [0.05, 0.1) is 0 Å². The molecule has 6 heteroatoms. The number of anilines is 1. The van der Waals surface area contributed by atoms with Crippen LogP contribution >= 0.6 is 0 Å². The second-order valence-electron chi connectivity index (χ2n) is 4.39. The van der Waals surface area contributed by atoms with E-state index in [1.54, 1.807) is 6.07 Å². The highest BCUT2D eigenvalue weighted by Crippen LogP contribution is 2.13. The van der Waals surface area contributed by atoms with Gasteiger partial charge in [0.1, 0.15) is 5.82 Å². The predicted molar refractivity (Wildman–Crippen MR) is 61.9 cm³/mol. The number of nitrogens with one attached hydrogen (secondary N) is 1. The number of amides is 1. The third-order valence-corrected chi connectivity index (χ3v) is 2.22. The molecule has 0 aliphatic heterocycles. The summed E-state index contributed by atoms with van der Waals surface area (Å²) >= 11 is 0. The molecule has 0 spiro atoms. The SMILES string of the molecule is CC(C)(CN)CNc1ccc(C(N)=O)nn1. The number of carbonyl (C=O) groups excluding carboxylic acids is 1. The molecule has 1 heterocycles. The van der Waals surface area contributed by atoms with Crippen molar-refractivity contribution in [3.8, 4) is 0 Å². The van der Waals surface area contributed by atoms with Crippen LogP contribution in [0.4, 0.5) is 5.82 Å². The van der Waals surface area contributed by atoms with Crippen LogP contribution in [0.25, 0.3) is 0 Å². The van der Waals surface area contributed by atoms with Crippen molar-refractivity contribution in [1.82, 2.24) is 10.2 Å². The average molecular weight is 223 g/mol. The number of primary amides is 1. The number of aromatic nitrogens is 2. The molecular weight excluding hydrogens is 206 g/mol. The normalized spacial score (nSPS) is 11.2. The summed E-state index contributed by atoms with van der Waals surface area (Å²) in [6.45, 7) is 5.36. The smallest absolute Gasteiger partial charge is 0.269 e. The molecule has 88 valence electrons. The van der Waals surface area contributed by atoms with Gasteiger partial charge in [-0.1, -0.05) is 13.8 Å². The molecule has 5 N–H and O–H groups in total. The minimum absolute atomic E-state index is 0.00988. The van der Waals surface area contributed by atoms with Gasteiger partial charge in [-0.05, 0) is 24.1 Å². The molecule has 1 aromatic rings. The van der Waals surface area contributed by atoms with E-state index in [4.69, 9.17) is 11.5 Å².